The Balaban J connectivity index is 1.89. The van der Waals surface area contributed by atoms with Crippen molar-refractivity contribution in [1.82, 2.24) is 10.6 Å². The van der Waals surface area contributed by atoms with Crippen molar-refractivity contribution in [3.05, 3.63) is 0 Å². The third kappa shape index (κ3) is 5.71. The van der Waals surface area contributed by atoms with E-state index in [1.807, 2.05) is 0 Å². The van der Waals surface area contributed by atoms with Crippen LogP contribution in [0.5, 0.6) is 0 Å². The van der Waals surface area contributed by atoms with Crippen LogP contribution in [0.3, 0.4) is 0 Å². The van der Waals surface area contributed by atoms with Crippen LogP contribution in [0.15, 0.2) is 0 Å². The minimum absolute atomic E-state index is 0.0917. The van der Waals surface area contributed by atoms with Crippen LogP contribution in [-0.2, 0) is 14.3 Å². The molecule has 0 aromatic rings. The molecule has 1 heterocycles. The maximum atomic E-state index is 10.9. The van der Waals surface area contributed by atoms with Crippen LogP contribution in [0.4, 0.5) is 0 Å². The van der Waals surface area contributed by atoms with Crippen LogP contribution in [-0.4, -0.2) is 52.0 Å². The lowest BCUT2D eigenvalue weighted by Crippen LogP contribution is -2.37. The van der Waals surface area contributed by atoms with Crippen molar-refractivity contribution in [1.29, 1.82) is 0 Å². The van der Waals surface area contributed by atoms with Gasteiger partial charge in [0, 0.05) is 20.0 Å². The maximum Gasteiger partial charge on any atom is 0.219 e. The highest BCUT2D eigenvalue weighted by molar-refractivity contribution is 5.75. The summed E-state index contributed by atoms with van der Waals surface area (Å²) in [5.74, 6) is 0.0917. The SMILES string of the molecule is CNC(=O)CCCNCC1COCCO1. The Kier molecular flexibility index (Phi) is 6.31. The number of hydrogen-bond donors (Lipinski definition) is 2. The van der Waals surface area contributed by atoms with Gasteiger partial charge < -0.3 is 20.1 Å². The molecule has 0 spiro atoms. The fraction of sp³-hybridized carbons (Fsp3) is 0.900. The summed E-state index contributed by atoms with van der Waals surface area (Å²) in [6.45, 7) is 3.70. The molecule has 0 aromatic carbocycles. The fourth-order valence-electron chi connectivity index (χ4n) is 1.42. The number of hydrogen-bond acceptors (Lipinski definition) is 4. The number of rotatable bonds is 6. The van der Waals surface area contributed by atoms with Gasteiger partial charge in [-0.25, -0.2) is 0 Å². The van der Waals surface area contributed by atoms with Gasteiger partial charge in [0.25, 0.3) is 0 Å². The summed E-state index contributed by atoms with van der Waals surface area (Å²) in [6, 6.07) is 0. The lowest BCUT2D eigenvalue weighted by Gasteiger charge is -2.23. The molecular weight excluding hydrogens is 196 g/mol. The summed E-state index contributed by atoms with van der Waals surface area (Å²) in [6.07, 6.45) is 1.59. The molecule has 15 heavy (non-hydrogen) atoms. The number of ether oxygens (including phenoxy) is 2. The first kappa shape index (κ1) is 12.4. The molecule has 1 saturated heterocycles. The van der Waals surface area contributed by atoms with Crippen LogP contribution < -0.4 is 10.6 Å². The first-order valence-electron chi connectivity index (χ1n) is 5.43. The van der Waals surface area contributed by atoms with Gasteiger partial charge in [0.1, 0.15) is 0 Å². The first-order chi connectivity index (χ1) is 7.33. The number of carbonyl (C=O) groups excluding carboxylic acids is 1. The monoisotopic (exact) mass is 216 g/mol. The minimum atomic E-state index is 0.0917. The first-order valence-corrected chi connectivity index (χ1v) is 5.43. The summed E-state index contributed by atoms with van der Waals surface area (Å²) < 4.78 is 10.7. The molecule has 0 aromatic heterocycles. The molecule has 5 heteroatoms. The zero-order valence-corrected chi connectivity index (χ0v) is 9.25. The van der Waals surface area contributed by atoms with Crippen LogP contribution in [0.2, 0.25) is 0 Å². The van der Waals surface area contributed by atoms with Gasteiger partial charge in [-0.3, -0.25) is 4.79 Å². The van der Waals surface area contributed by atoms with Gasteiger partial charge in [0.2, 0.25) is 5.91 Å². The van der Waals surface area contributed by atoms with Crippen molar-refractivity contribution >= 4 is 5.91 Å². The largest absolute Gasteiger partial charge is 0.376 e. The summed E-state index contributed by atoms with van der Waals surface area (Å²) in [7, 11) is 1.66. The summed E-state index contributed by atoms with van der Waals surface area (Å²) in [5, 5.41) is 5.84. The van der Waals surface area contributed by atoms with Gasteiger partial charge in [-0.05, 0) is 13.0 Å². The van der Waals surface area contributed by atoms with Gasteiger partial charge in [0.05, 0.1) is 25.9 Å². The molecule has 1 aliphatic rings. The van der Waals surface area contributed by atoms with E-state index in [0.29, 0.717) is 26.2 Å². The Labute approximate surface area is 90.5 Å². The predicted molar refractivity (Wildman–Crippen MR) is 56.7 cm³/mol. The summed E-state index contributed by atoms with van der Waals surface area (Å²) in [4.78, 5) is 10.9. The molecule has 1 aliphatic heterocycles. The Bertz CT molecular complexity index is 182. The van der Waals surface area contributed by atoms with Gasteiger partial charge in [-0.15, -0.1) is 0 Å². The van der Waals surface area contributed by atoms with E-state index < -0.39 is 0 Å². The van der Waals surface area contributed by atoms with E-state index in [9.17, 15) is 4.79 Å². The van der Waals surface area contributed by atoms with Crippen molar-refractivity contribution in [3.8, 4) is 0 Å². The molecular formula is C10H20N2O3. The van der Waals surface area contributed by atoms with Gasteiger partial charge >= 0.3 is 0 Å². The Morgan fingerprint density at radius 2 is 2.33 bits per heavy atom. The summed E-state index contributed by atoms with van der Waals surface area (Å²) in [5.41, 5.74) is 0. The second-order valence-corrected chi connectivity index (χ2v) is 3.55. The lowest BCUT2D eigenvalue weighted by molar-refractivity contribution is -0.120. The molecule has 1 unspecified atom stereocenters. The third-order valence-corrected chi connectivity index (χ3v) is 2.29. The highest BCUT2D eigenvalue weighted by Crippen LogP contribution is 1.98. The van der Waals surface area contributed by atoms with Crippen molar-refractivity contribution in [3.63, 3.8) is 0 Å². The smallest absolute Gasteiger partial charge is 0.219 e. The lowest BCUT2D eigenvalue weighted by atomic mass is 10.3. The van der Waals surface area contributed by atoms with Crippen LogP contribution in [0, 0.1) is 0 Å². The van der Waals surface area contributed by atoms with Gasteiger partial charge in [0.15, 0.2) is 0 Å². The Hall–Kier alpha value is -0.650. The zero-order chi connectivity index (χ0) is 10.9. The van der Waals surface area contributed by atoms with Crippen molar-refractivity contribution in [2.24, 2.45) is 0 Å². The molecule has 5 nitrogen and oxygen atoms in total. The van der Waals surface area contributed by atoms with E-state index in [0.717, 1.165) is 19.5 Å². The van der Waals surface area contributed by atoms with Crippen LogP contribution in [0.1, 0.15) is 12.8 Å². The van der Waals surface area contributed by atoms with Crippen molar-refractivity contribution < 1.29 is 14.3 Å². The highest BCUT2D eigenvalue weighted by atomic mass is 16.6. The molecule has 2 N–H and O–H groups in total. The van der Waals surface area contributed by atoms with E-state index in [1.165, 1.54) is 0 Å². The number of nitrogens with one attached hydrogen (secondary N) is 2. The molecule has 1 fully saturated rings. The normalized spacial score (nSPS) is 21.3. The molecule has 0 saturated carbocycles. The molecule has 0 radical (unpaired) electrons. The summed E-state index contributed by atoms with van der Waals surface area (Å²) >= 11 is 0. The topological polar surface area (TPSA) is 59.6 Å². The second-order valence-electron chi connectivity index (χ2n) is 3.55. The quantitative estimate of drug-likeness (QED) is 0.589. The van der Waals surface area contributed by atoms with Gasteiger partial charge in [-0.1, -0.05) is 0 Å². The van der Waals surface area contributed by atoms with E-state index in [2.05, 4.69) is 10.6 Å². The van der Waals surface area contributed by atoms with Crippen LogP contribution >= 0.6 is 0 Å². The average Bonchev–Trinajstić information content (AvgIpc) is 2.29. The minimum Gasteiger partial charge on any atom is -0.376 e. The van der Waals surface area contributed by atoms with Crippen LogP contribution in [0.25, 0.3) is 0 Å². The molecule has 0 bridgehead atoms. The Morgan fingerprint density at radius 3 is 3.00 bits per heavy atom. The molecule has 0 aliphatic carbocycles. The van der Waals surface area contributed by atoms with Crippen molar-refractivity contribution in [2.45, 2.75) is 18.9 Å². The number of carbonyl (C=O) groups is 1. The fourth-order valence-corrected chi connectivity index (χ4v) is 1.42. The van der Waals surface area contributed by atoms with E-state index in [1.54, 1.807) is 7.05 Å². The average molecular weight is 216 g/mol. The van der Waals surface area contributed by atoms with Gasteiger partial charge in [-0.2, -0.15) is 0 Å². The molecule has 1 amide bonds. The molecule has 1 rings (SSSR count). The predicted octanol–water partition coefficient (Wildman–Crippen LogP) is -0.482. The van der Waals surface area contributed by atoms with Crippen molar-refractivity contribution in [2.75, 3.05) is 40.0 Å². The van der Waals surface area contributed by atoms with E-state index in [-0.39, 0.29) is 12.0 Å². The molecule has 88 valence electrons. The Morgan fingerprint density at radius 1 is 1.47 bits per heavy atom. The maximum absolute atomic E-state index is 10.9. The van der Waals surface area contributed by atoms with E-state index in [4.69, 9.17) is 9.47 Å². The number of amides is 1. The van der Waals surface area contributed by atoms with E-state index >= 15 is 0 Å². The highest BCUT2D eigenvalue weighted by Gasteiger charge is 2.12. The standard InChI is InChI=1S/C10H20N2O3/c1-11-10(13)3-2-4-12-7-9-8-14-5-6-15-9/h9,12H,2-8H2,1H3,(H,11,13). The second kappa shape index (κ2) is 7.62. The zero-order valence-electron chi connectivity index (χ0n) is 9.25. The molecule has 1 atom stereocenters. The third-order valence-electron chi connectivity index (χ3n) is 2.29.